The molecule has 0 radical (unpaired) electrons. The Kier molecular flexibility index (Phi) is 3.72. The average molecular weight is 241 g/mol. The van der Waals surface area contributed by atoms with Crippen LogP contribution in [0.15, 0.2) is 12.5 Å². The standard InChI is InChI=1S/C10H15N3O4/c1-7(14)16-8-5-13(6-11-8)12-9(15)17-10(2,3)4/h5-6H,1-4H3,(H,12,15). The Labute approximate surface area is 98.7 Å². The van der Waals surface area contributed by atoms with Crippen LogP contribution in [-0.4, -0.2) is 27.3 Å². The van der Waals surface area contributed by atoms with Crippen LogP contribution in [0.4, 0.5) is 4.79 Å². The summed E-state index contributed by atoms with van der Waals surface area (Å²) < 4.78 is 11.0. The quantitative estimate of drug-likeness (QED) is 0.789. The van der Waals surface area contributed by atoms with Crippen molar-refractivity contribution in [1.29, 1.82) is 0 Å². The van der Waals surface area contributed by atoms with Crippen LogP contribution in [-0.2, 0) is 9.53 Å². The van der Waals surface area contributed by atoms with Crippen molar-refractivity contribution in [2.75, 3.05) is 5.43 Å². The molecule has 1 aromatic heterocycles. The van der Waals surface area contributed by atoms with E-state index in [9.17, 15) is 9.59 Å². The molecule has 1 rings (SSSR count). The topological polar surface area (TPSA) is 82.5 Å². The number of imidazole rings is 1. The zero-order chi connectivity index (χ0) is 13.1. The molecule has 0 spiro atoms. The first-order valence-corrected chi connectivity index (χ1v) is 4.99. The maximum absolute atomic E-state index is 11.4. The molecule has 7 heteroatoms. The summed E-state index contributed by atoms with van der Waals surface area (Å²) in [5, 5.41) is 0. The first-order chi connectivity index (χ1) is 7.76. The maximum Gasteiger partial charge on any atom is 0.427 e. The van der Waals surface area contributed by atoms with E-state index in [2.05, 4.69) is 10.4 Å². The van der Waals surface area contributed by atoms with Gasteiger partial charge in [-0.05, 0) is 20.8 Å². The highest BCUT2D eigenvalue weighted by Crippen LogP contribution is 2.08. The van der Waals surface area contributed by atoms with Crippen molar-refractivity contribution in [3.8, 4) is 5.88 Å². The minimum atomic E-state index is -0.621. The fourth-order valence-corrected chi connectivity index (χ4v) is 0.972. The Balaban J connectivity index is 2.55. The van der Waals surface area contributed by atoms with Gasteiger partial charge in [0.2, 0.25) is 5.88 Å². The molecule has 0 bridgehead atoms. The van der Waals surface area contributed by atoms with E-state index in [1.54, 1.807) is 20.8 Å². The van der Waals surface area contributed by atoms with E-state index in [0.29, 0.717) is 0 Å². The number of carbonyl (C=O) groups is 2. The molecule has 0 aromatic carbocycles. The number of esters is 1. The second-order valence-corrected chi connectivity index (χ2v) is 4.33. The molecule has 0 atom stereocenters. The van der Waals surface area contributed by atoms with Crippen molar-refractivity contribution < 1.29 is 19.1 Å². The number of rotatable bonds is 2. The summed E-state index contributed by atoms with van der Waals surface area (Å²) in [5.74, 6) is -0.374. The fourth-order valence-electron chi connectivity index (χ4n) is 0.972. The first-order valence-electron chi connectivity index (χ1n) is 4.99. The molecule has 1 N–H and O–H groups in total. The predicted octanol–water partition coefficient (Wildman–Crippen LogP) is 1.29. The monoisotopic (exact) mass is 241 g/mol. The number of nitrogens with one attached hydrogen (secondary N) is 1. The third kappa shape index (κ3) is 5.01. The molecular formula is C10H15N3O4. The lowest BCUT2D eigenvalue weighted by Crippen LogP contribution is -2.31. The largest absolute Gasteiger partial charge is 0.443 e. The number of ether oxygens (including phenoxy) is 2. The Morgan fingerprint density at radius 2 is 2.06 bits per heavy atom. The van der Waals surface area contributed by atoms with Gasteiger partial charge in [-0.1, -0.05) is 0 Å². The van der Waals surface area contributed by atoms with E-state index in [0.717, 1.165) is 0 Å². The molecular weight excluding hydrogens is 226 g/mol. The Morgan fingerprint density at radius 3 is 2.59 bits per heavy atom. The zero-order valence-corrected chi connectivity index (χ0v) is 10.2. The van der Waals surface area contributed by atoms with E-state index in [4.69, 9.17) is 9.47 Å². The summed E-state index contributed by atoms with van der Waals surface area (Å²) in [7, 11) is 0. The fraction of sp³-hybridized carbons (Fsp3) is 0.500. The average Bonchev–Trinajstić information content (AvgIpc) is 2.46. The van der Waals surface area contributed by atoms with E-state index < -0.39 is 17.7 Å². The van der Waals surface area contributed by atoms with Gasteiger partial charge < -0.3 is 9.47 Å². The lowest BCUT2D eigenvalue weighted by atomic mass is 10.2. The Bertz CT molecular complexity index is 419. The highest BCUT2D eigenvalue weighted by Gasteiger charge is 2.16. The third-order valence-corrected chi connectivity index (χ3v) is 1.43. The van der Waals surface area contributed by atoms with Crippen LogP contribution >= 0.6 is 0 Å². The molecule has 0 fully saturated rings. The van der Waals surface area contributed by atoms with Crippen LogP contribution < -0.4 is 10.2 Å². The minimum absolute atomic E-state index is 0.105. The lowest BCUT2D eigenvalue weighted by molar-refractivity contribution is -0.132. The van der Waals surface area contributed by atoms with Crippen LogP contribution in [0.1, 0.15) is 27.7 Å². The summed E-state index contributed by atoms with van der Waals surface area (Å²) in [6.45, 7) is 6.53. The van der Waals surface area contributed by atoms with Crippen molar-refractivity contribution in [2.45, 2.75) is 33.3 Å². The van der Waals surface area contributed by atoms with Gasteiger partial charge in [0.15, 0.2) is 0 Å². The normalized spacial score (nSPS) is 10.8. The van der Waals surface area contributed by atoms with Crippen molar-refractivity contribution in [3.63, 3.8) is 0 Å². The first kappa shape index (κ1) is 13.0. The number of aromatic nitrogens is 2. The van der Waals surface area contributed by atoms with E-state index >= 15 is 0 Å². The van der Waals surface area contributed by atoms with Crippen LogP contribution in [0, 0.1) is 0 Å². The van der Waals surface area contributed by atoms with Crippen LogP contribution in [0.2, 0.25) is 0 Å². The van der Waals surface area contributed by atoms with Crippen molar-refractivity contribution in [1.82, 2.24) is 9.66 Å². The van der Waals surface area contributed by atoms with Crippen LogP contribution in [0.25, 0.3) is 0 Å². The number of carbonyl (C=O) groups excluding carboxylic acids is 2. The number of nitrogens with zero attached hydrogens (tertiary/aromatic N) is 2. The molecule has 1 aromatic rings. The van der Waals surface area contributed by atoms with Crippen molar-refractivity contribution in [2.24, 2.45) is 0 Å². The second kappa shape index (κ2) is 4.86. The predicted molar refractivity (Wildman–Crippen MR) is 59.1 cm³/mol. The number of hydrogen-bond donors (Lipinski definition) is 1. The molecule has 17 heavy (non-hydrogen) atoms. The lowest BCUT2D eigenvalue weighted by Gasteiger charge is -2.19. The van der Waals surface area contributed by atoms with Gasteiger partial charge in [-0.15, -0.1) is 0 Å². The zero-order valence-electron chi connectivity index (χ0n) is 10.2. The molecule has 94 valence electrons. The summed E-state index contributed by atoms with van der Waals surface area (Å²) in [5.41, 5.74) is 1.81. The van der Waals surface area contributed by atoms with Crippen LogP contribution in [0.5, 0.6) is 5.88 Å². The Hall–Kier alpha value is -2.05. The summed E-state index contributed by atoms with van der Waals surface area (Å²) in [6, 6.07) is 0. The van der Waals surface area contributed by atoms with Gasteiger partial charge in [0.1, 0.15) is 11.9 Å². The smallest absolute Gasteiger partial charge is 0.427 e. The van der Waals surface area contributed by atoms with E-state index in [1.165, 1.54) is 24.1 Å². The van der Waals surface area contributed by atoms with Gasteiger partial charge in [-0.2, -0.15) is 0 Å². The van der Waals surface area contributed by atoms with Gasteiger partial charge in [-0.3, -0.25) is 4.79 Å². The molecule has 0 unspecified atom stereocenters. The van der Waals surface area contributed by atoms with Gasteiger partial charge in [0.05, 0.1) is 6.20 Å². The Morgan fingerprint density at radius 1 is 1.41 bits per heavy atom. The van der Waals surface area contributed by atoms with Crippen molar-refractivity contribution >= 4 is 12.1 Å². The van der Waals surface area contributed by atoms with Gasteiger partial charge in [-0.25, -0.2) is 19.9 Å². The molecule has 0 aliphatic heterocycles. The molecule has 0 saturated carbocycles. The van der Waals surface area contributed by atoms with Crippen LogP contribution in [0.3, 0.4) is 0 Å². The minimum Gasteiger partial charge on any atom is -0.443 e. The molecule has 0 aliphatic carbocycles. The number of hydrogen-bond acceptors (Lipinski definition) is 5. The van der Waals surface area contributed by atoms with Gasteiger partial charge in [0.25, 0.3) is 0 Å². The van der Waals surface area contributed by atoms with Crippen molar-refractivity contribution in [3.05, 3.63) is 12.5 Å². The molecule has 1 amide bonds. The molecule has 0 aliphatic rings. The maximum atomic E-state index is 11.4. The van der Waals surface area contributed by atoms with E-state index in [1.807, 2.05) is 0 Å². The highest BCUT2D eigenvalue weighted by molar-refractivity contribution is 5.76. The second-order valence-electron chi connectivity index (χ2n) is 4.33. The third-order valence-electron chi connectivity index (χ3n) is 1.43. The van der Waals surface area contributed by atoms with E-state index in [-0.39, 0.29) is 5.88 Å². The molecule has 0 saturated heterocycles. The van der Waals surface area contributed by atoms with Gasteiger partial charge >= 0.3 is 12.1 Å². The molecule has 1 heterocycles. The SMILES string of the molecule is CC(=O)Oc1cn(NC(=O)OC(C)(C)C)cn1. The summed E-state index contributed by atoms with van der Waals surface area (Å²) in [4.78, 5) is 25.8. The molecule has 7 nitrogen and oxygen atoms in total. The highest BCUT2D eigenvalue weighted by atomic mass is 16.6. The number of amides is 1. The summed E-state index contributed by atoms with van der Waals surface area (Å²) in [6.07, 6.45) is 2.03. The summed E-state index contributed by atoms with van der Waals surface area (Å²) >= 11 is 0. The van der Waals surface area contributed by atoms with Gasteiger partial charge in [0, 0.05) is 6.92 Å².